The third-order valence-electron chi connectivity index (χ3n) is 3.69. The summed E-state index contributed by atoms with van der Waals surface area (Å²) in [6.07, 6.45) is 0.694. The van der Waals surface area contributed by atoms with Gasteiger partial charge in [0.15, 0.2) is 11.7 Å². The van der Waals surface area contributed by atoms with Gasteiger partial charge < -0.3 is 15.2 Å². The van der Waals surface area contributed by atoms with Gasteiger partial charge in [0.1, 0.15) is 6.54 Å². The first-order valence-electron chi connectivity index (χ1n) is 8.71. The maximum atomic E-state index is 11.7. The molecule has 0 radical (unpaired) electrons. The summed E-state index contributed by atoms with van der Waals surface area (Å²) in [4.78, 5) is 4.47. The van der Waals surface area contributed by atoms with Crippen molar-refractivity contribution in [2.24, 2.45) is 4.99 Å². The van der Waals surface area contributed by atoms with E-state index in [2.05, 4.69) is 34.6 Å². The molecule has 9 heteroatoms. The monoisotopic (exact) mass is 373 g/mol. The molecule has 1 aromatic heterocycles. The van der Waals surface area contributed by atoms with E-state index in [-0.39, 0.29) is 5.75 Å². The van der Waals surface area contributed by atoms with Crippen LogP contribution in [-0.2, 0) is 16.6 Å². The van der Waals surface area contributed by atoms with Crippen molar-refractivity contribution in [3.63, 3.8) is 0 Å². The summed E-state index contributed by atoms with van der Waals surface area (Å²) < 4.78 is 30.0. The van der Waals surface area contributed by atoms with Crippen LogP contribution in [0.4, 0.5) is 0 Å². The summed E-state index contributed by atoms with van der Waals surface area (Å²) in [5, 5.41) is 10.4. The Balaban J connectivity index is 2.47. The van der Waals surface area contributed by atoms with Gasteiger partial charge in [-0.15, -0.1) is 0 Å². The van der Waals surface area contributed by atoms with Crippen molar-refractivity contribution >= 4 is 16.0 Å². The van der Waals surface area contributed by atoms with E-state index < -0.39 is 10.0 Å². The second-order valence-electron chi connectivity index (χ2n) is 6.07. The summed E-state index contributed by atoms with van der Waals surface area (Å²) in [6.45, 7) is 10.0. The Hall–Kier alpha value is -1.61. The Morgan fingerprint density at radius 1 is 1.36 bits per heavy atom. The Kier molecular flexibility index (Phi) is 8.91. The standard InChI is InChI=1S/C16H31N5O3S/c1-6-17-16(18-9-8-10-21(5)25(22,23)7-2)19-12-14-11-15(13(3)4)20-24-14/h11,13H,6-10,12H2,1-5H3,(H2,17,18,19). The highest BCUT2D eigenvalue weighted by Crippen LogP contribution is 2.14. The topological polar surface area (TPSA) is 99.8 Å². The second-order valence-corrected chi connectivity index (χ2v) is 8.43. The number of aromatic nitrogens is 1. The predicted octanol–water partition coefficient (Wildman–Crippen LogP) is 1.52. The SMILES string of the molecule is CCNC(=NCc1cc(C(C)C)no1)NCCCN(C)S(=O)(=O)CC. The molecule has 0 bridgehead atoms. The van der Waals surface area contributed by atoms with Gasteiger partial charge in [-0.3, -0.25) is 0 Å². The highest BCUT2D eigenvalue weighted by atomic mass is 32.2. The zero-order valence-corrected chi connectivity index (χ0v) is 16.7. The Labute approximate surface area is 151 Å². The van der Waals surface area contributed by atoms with Gasteiger partial charge in [-0.05, 0) is 26.2 Å². The highest BCUT2D eigenvalue weighted by molar-refractivity contribution is 7.89. The normalized spacial score (nSPS) is 12.8. The lowest BCUT2D eigenvalue weighted by Gasteiger charge is -2.16. The van der Waals surface area contributed by atoms with E-state index in [0.717, 1.165) is 18.0 Å². The van der Waals surface area contributed by atoms with E-state index in [1.54, 1.807) is 14.0 Å². The lowest BCUT2D eigenvalue weighted by atomic mass is 10.1. The first kappa shape index (κ1) is 21.4. The number of aliphatic imine (C=N–C) groups is 1. The van der Waals surface area contributed by atoms with Gasteiger partial charge in [0.05, 0.1) is 11.4 Å². The Morgan fingerprint density at radius 2 is 2.08 bits per heavy atom. The predicted molar refractivity (Wildman–Crippen MR) is 100 cm³/mol. The first-order chi connectivity index (χ1) is 11.8. The molecular formula is C16H31N5O3S. The van der Waals surface area contributed by atoms with Gasteiger partial charge in [-0.1, -0.05) is 19.0 Å². The number of rotatable bonds is 10. The molecule has 1 rings (SSSR count). The summed E-state index contributed by atoms with van der Waals surface area (Å²) in [7, 11) is -1.51. The van der Waals surface area contributed by atoms with E-state index in [4.69, 9.17) is 4.52 Å². The molecule has 25 heavy (non-hydrogen) atoms. The van der Waals surface area contributed by atoms with Crippen LogP contribution in [-0.4, -0.2) is 56.3 Å². The van der Waals surface area contributed by atoms with Crippen molar-refractivity contribution in [3.8, 4) is 0 Å². The van der Waals surface area contributed by atoms with Gasteiger partial charge >= 0.3 is 0 Å². The van der Waals surface area contributed by atoms with Crippen molar-refractivity contribution in [2.75, 3.05) is 32.4 Å². The second kappa shape index (κ2) is 10.4. The molecule has 0 saturated heterocycles. The number of nitrogens with zero attached hydrogens (tertiary/aromatic N) is 3. The summed E-state index contributed by atoms with van der Waals surface area (Å²) in [5.41, 5.74) is 0.920. The lowest BCUT2D eigenvalue weighted by Crippen LogP contribution is -2.39. The average molecular weight is 374 g/mol. The number of nitrogens with one attached hydrogen (secondary N) is 2. The van der Waals surface area contributed by atoms with Crippen LogP contribution in [0.5, 0.6) is 0 Å². The van der Waals surface area contributed by atoms with Crippen molar-refractivity contribution in [1.82, 2.24) is 20.1 Å². The van der Waals surface area contributed by atoms with Crippen LogP contribution in [0.15, 0.2) is 15.6 Å². The molecule has 0 unspecified atom stereocenters. The third kappa shape index (κ3) is 7.43. The van der Waals surface area contributed by atoms with Crippen molar-refractivity contribution in [1.29, 1.82) is 0 Å². The van der Waals surface area contributed by atoms with Crippen LogP contribution in [0.1, 0.15) is 51.5 Å². The number of hydrogen-bond donors (Lipinski definition) is 2. The maximum absolute atomic E-state index is 11.7. The third-order valence-corrected chi connectivity index (χ3v) is 5.55. The van der Waals surface area contributed by atoms with Gasteiger partial charge in [0.2, 0.25) is 10.0 Å². The summed E-state index contributed by atoms with van der Waals surface area (Å²) >= 11 is 0. The molecular weight excluding hydrogens is 342 g/mol. The molecule has 0 amide bonds. The average Bonchev–Trinajstić information content (AvgIpc) is 3.05. The maximum Gasteiger partial charge on any atom is 0.213 e. The molecule has 0 aliphatic heterocycles. The lowest BCUT2D eigenvalue weighted by molar-refractivity contribution is 0.376. The minimum Gasteiger partial charge on any atom is -0.359 e. The highest BCUT2D eigenvalue weighted by Gasteiger charge is 2.14. The van der Waals surface area contributed by atoms with Crippen LogP contribution < -0.4 is 10.6 Å². The summed E-state index contributed by atoms with van der Waals surface area (Å²) in [5.74, 6) is 1.83. The van der Waals surface area contributed by atoms with Gasteiger partial charge in [-0.2, -0.15) is 0 Å². The van der Waals surface area contributed by atoms with E-state index in [0.29, 0.717) is 37.9 Å². The minimum absolute atomic E-state index is 0.122. The smallest absolute Gasteiger partial charge is 0.213 e. The van der Waals surface area contributed by atoms with Crippen molar-refractivity contribution in [2.45, 2.75) is 46.6 Å². The van der Waals surface area contributed by atoms with E-state index in [9.17, 15) is 8.42 Å². The van der Waals surface area contributed by atoms with Crippen LogP contribution in [0.25, 0.3) is 0 Å². The quantitative estimate of drug-likeness (QED) is 0.366. The Bertz CT molecular complexity index is 640. The molecule has 0 aromatic carbocycles. The molecule has 0 aliphatic rings. The molecule has 1 heterocycles. The molecule has 144 valence electrons. The van der Waals surface area contributed by atoms with Crippen LogP contribution in [0.3, 0.4) is 0 Å². The van der Waals surface area contributed by atoms with Crippen LogP contribution in [0, 0.1) is 0 Å². The minimum atomic E-state index is -3.12. The van der Waals surface area contributed by atoms with Crippen LogP contribution >= 0.6 is 0 Å². The van der Waals surface area contributed by atoms with Gasteiger partial charge in [0.25, 0.3) is 0 Å². The van der Waals surface area contributed by atoms with E-state index in [1.807, 2.05) is 13.0 Å². The fourth-order valence-corrected chi connectivity index (χ4v) is 2.89. The molecule has 0 spiro atoms. The fourth-order valence-electron chi connectivity index (χ4n) is 2.04. The molecule has 8 nitrogen and oxygen atoms in total. The molecule has 1 aromatic rings. The van der Waals surface area contributed by atoms with Crippen molar-refractivity contribution < 1.29 is 12.9 Å². The first-order valence-corrected chi connectivity index (χ1v) is 10.3. The largest absolute Gasteiger partial charge is 0.359 e. The Morgan fingerprint density at radius 3 is 2.64 bits per heavy atom. The number of sulfonamides is 1. The van der Waals surface area contributed by atoms with Gasteiger partial charge in [0, 0.05) is 32.7 Å². The molecule has 0 atom stereocenters. The molecule has 2 N–H and O–H groups in total. The summed E-state index contributed by atoms with van der Waals surface area (Å²) in [6, 6.07) is 1.92. The molecule has 0 aliphatic carbocycles. The van der Waals surface area contributed by atoms with E-state index >= 15 is 0 Å². The molecule has 0 saturated carbocycles. The van der Waals surface area contributed by atoms with Gasteiger partial charge in [-0.25, -0.2) is 17.7 Å². The number of hydrogen-bond acceptors (Lipinski definition) is 5. The zero-order chi connectivity index (χ0) is 18.9. The van der Waals surface area contributed by atoms with Crippen molar-refractivity contribution in [3.05, 3.63) is 17.5 Å². The van der Waals surface area contributed by atoms with E-state index in [1.165, 1.54) is 4.31 Å². The fraction of sp³-hybridized carbons (Fsp3) is 0.750. The van der Waals surface area contributed by atoms with Crippen LogP contribution in [0.2, 0.25) is 0 Å². The zero-order valence-electron chi connectivity index (χ0n) is 15.9. The molecule has 0 fully saturated rings. The number of guanidine groups is 1.